The highest BCUT2D eigenvalue weighted by Gasteiger charge is 2.30. The van der Waals surface area contributed by atoms with E-state index in [1.165, 1.54) is 6.07 Å². The van der Waals surface area contributed by atoms with Gasteiger partial charge in [-0.2, -0.15) is 13.2 Å². The van der Waals surface area contributed by atoms with Gasteiger partial charge in [0, 0.05) is 24.7 Å². The van der Waals surface area contributed by atoms with Crippen LogP contribution in [0.15, 0.2) is 40.8 Å². The molecule has 0 spiro atoms. The van der Waals surface area contributed by atoms with Gasteiger partial charge in [0.25, 0.3) is 0 Å². The summed E-state index contributed by atoms with van der Waals surface area (Å²) in [6.07, 6.45) is -2.65. The number of likely N-dealkylation sites (tertiary alicyclic amines) is 1. The van der Waals surface area contributed by atoms with Crippen LogP contribution in [0.5, 0.6) is 0 Å². The van der Waals surface area contributed by atoms with Gasteiger partial charge in [-0.3, -0.25) is 14.6 Å². The Morgan fingerprint density at radius 2 is 1.96 bits per heavy atom. The first-order chi connectivity index (χ1) is 13.2. The Kier molecular flexibility index (Phi) is 6.10. The van der Waals surface area contributed by atoms with Gasteiger partial charge in [0.1, 0.15) is 11.5 Å². The van der Waals surface area contributed by atoms with E-state index in [-0.39, 0.29) is 12.6 Å². The molecule has 1 aromatic heterocycles. The highest BCUT2D eigenvalue weighted by atomic mass is 19.4. The van der Waals surface area contributed by atoms with Crippen molar-refractivity contribution >= 4 is 5.97 Å². The lowest BCUT2D eigenvalue weighted by atomic mass is 10.0. The third-order valence-corrected chi connectivity index (χ3v) is 5.08. The minimum Gasteiger partial charge on any atom is -0.480 e. The number of alkyl halides is 3. The van der Waals surface area contributed by atoms with Gasteiger partial charge in [-0.25, -0.2) is 0 Å². The van der Waals surface area contributed by atoms with E-state index in [1.807, 2.05) is 11.9 Å². The van der Waals surface area contributed by atoms with E-state index in [9.17, 15) is 18.0 Å². The van der Waals surface area contributed by atoms with Gasteiger partial charge in [0.15, 0.2) is 0 Å². The maximum Gasteiger partial charge on any atom is 0.416 e. The van der Waals surface area contributed by atoms with Crippen LogP contribution in [0.1, 0.15) is 24.2 Å². The number of hydrogen-bond donors (Lipinski definition) is 1. The number of piperidine rings is 1. The molecular formula is C20H23F3N2O3. The smallest absolute Gasteiger partial charge is 0.416 e. The molecule has 1 saturated heterocycles. The number of carbonyl (C=O) groups is 1. The summed E-state index contributed by atoms with van der Waals surface area (Å²) in [6.45, 7) is 2.24. The van der Waals surface area contributed by atoms with Crippen molar-refractivity contribution in [1.82, 2.24) is 9.80 Å². The molecule has 0 atom stereocenters. The monoisotopic (exact) mass is 396 g/mol. The van der Waals surface area contributed by atoms with Crippen molar-refractivity contribution in [2.24, 2.45) is 0 Å². The number of hydrogen-bond acceptors (Lipinski definition) is 4. The second kappa shape index (κ2) is 8.36. The quantitative estimate of drug-likeness (QED) is 0.801. The van der Waals surface area contributed by atoms with Gasteiger partial charge in [-0.1, -0.05) is 12.1 Å². The number of likely N-dealkylation sites (N-methyl/N-ethyl adjacent to an activating group) is 1. The second-order valence-electron chi connectivity index (χ2n) is 7.16. The average molecular weight is 396 g/mol. The molecule has 5 nitrogen and oxygen atoms in total. The van der Waals surface area contributed by atoms with E-state index in [2.05, 4.69) is 4.90 Å². The Morgan fingerprint density at radius 1 is 1.25 bits per heavy atom. The van der Waals surface area contributed by atoms with Crippen molar-refractivity contribution in [2.75, 3.05) is 26.7 Å². The van der Waals surface area contributed by atoms with Crippen LogP contribution < -0.4 is 0 Å². The molecule has 0 bridgehead atoms. The molecule has 1 aliphatic rings. The summed E-state index contributed by atoms with van der Waals surface area (Å²) < 4.78 is 44.4. The Balaban J connectivity index is 1.58. The Labute approximate surface area is 161 Å². The van der Waals surface area contributed by atoms with Crippen LogP contribution in [-0.2, 0) is 17.5 Å². The summed E-state index contributed by atoms with van der Waals surface area (Å²) in [6, 6.07) is 8.83. The van der Waals surface area contributed by atoms with Gasteiger partial charge in [0.2, 0.25) is 0 Å². The van der Waals surface area contributed by atoms with Crippen LogP contribution in [0.4, 0.5) is 13.2 Å². The maximum absolute atomic E-state index is 12.9. The molecular weight excluding hydrogens is 373 g/mol. The summed E-state index contributed by atoms with van der Waals surface area (Å²) in [5.74, 6) is 0.282. The Morgan fingerprint density at radius 3 is 2.61 bits per heavy atom. The lowest BCUT2D eigenvalue weighted by Gasteiger charge is -2.35. The normalized spacial score (nSPS) is 16.6. The summed E-state index contributed by atoms with van der Waals surface area (Å²) in [5.41, 5.74) is -0.300. The lowest BCUT2D eigenvalue weighted by Crippen LogP contribution is -2.44. The minimum atomic E-state index is -4.39. The van der Waals surface area contributed by atoms with Crippen LogP contribution in [0, 0.1) is 0 Å². The Bertz CT molecular complexity index is 811. The first-order valence-electron chi connectivity index (χ1n) is 9.13. The third kappa shape index (κ3) is 5.14. The number of nitrogens with zero attached hydrogens (tertiary/aromatic N) is 2. The van der Waals surface area contributed by atoms with Crippen LogP contribution in [0.25, 0.3) is 11.3 Å². The summed E-state index contributed by atoms with van der Waals surface area (Å²) in [5, 5.41) is 8.89. The van der Waals surface area contributed by atoms with Crippen molar-refractivity contribution < 1.29 is 27.5 Å². The van der Waals surface area contributed by atoms with Crippen molar-refractivity contribution in [1.29, 1.82) is 0 Å². The molecule has 0 unspecified atom stereocenters. The minimum absolute atomic E-state index is 0.0310. The number of rotatable bonds is 6. The topological polar surface area (TPSA) is 56.9 Å². The summed E-state index contributed by atoms with van der Waals surface area (Å²) in [4.78, 5) is 14.9. The number of halogens is 3. The molecule has 0 saturated carbocycles. The van der Waals surface area contributed by atoms with E-state index in [0.29, 0.717) is 23.6 Å². The third-order valence-electron chi connectivity index (χ3n) is 5.08. The largest absolute Gasteiger partial charge is 0.480 e. The first kappa shape index (κ1) is 20.4. The maximum atomic E-state index is 12.9. The predicted octanol–water partition coefficient (Wildman–Crippen LogP) is 3.95. The second-order valence-corrected chi connectivity index (χ2v) is 7.16. The fourth-order valence-electron chi connectivity index (χ4n) is 3.55. The number of furan rings is 1. The van der Waals surface area contributed by atoms with Gasteiger partial charge in [0.05, 0.1) is 18.7 Å². The SMILES string of the molecule is CN(CC(=O)O)C1CCN(Cc2ccc(-c3cccc(C(F)(F)F)c3)o2)CC1. The van der Waals surface area contributed by atoms with Gasteiger partial charge < -0.3 is 9.52 Å². The fraction of sp³-hybridized carbons (Fsp3) is 0.450. The number of aliphatic carboxylic acids is 1. The molecule has 2 heterocycles. The Hall–Kier alpha value is -2.32. The first-order valence-corrected chi connectivity index (χ1v) is 9.13. The van der Waals surface area contributed by atoms with E-state index < -0.39 is 17.7 Å². The van der Waals surface area contributed by atoms with Crippen molar-refractivity contribution in [3.8, 4) is 11.3 Å². The highest BCUT2D eigenvalue weighted by Crippen LogP contribution is 2.33. The molecule has 1 N–H and O–H groups in total. The number of carboxylic acids is 1. The summed E-state index contributed by atoms with van der Waals surface area (Å²) >= 11 is 0. The zero-order valence-corrected chi connectivity index (χ0v) is 15.6. The van der Waals surface area contributed by atoms with Crippen LogP contribution in [0.2, 0.25) is 0 Å². The van der Waals surface area contributed by atoms with E-state index in [4.69, 9.17) is 9.52 Å². The molecule has 1 aliphatic heterocycles. The predicted molar refractivity (Wildman–Crippen MR) is 97.7 cm³/mol. The molecule has 0 radical (unpaired) electrons. The van der Waals surface area contributed by atoms with Gasteiger partial charge >= 0.3 is 12.1 Å². The van der Waals surface area contributed by atoms with Crippen LogP contribution in [0.3, 0.4) is 0 Å². The van der Waals surface area contributed by atoms with E-state index in [0.717, 1.165) is 38.1 Å². The van der Waals surface area contributed by atoms with Gasteiger partial charge in [-0.15, -0.1) is 0 Å². The molecule has 1 fully saturated rings. The van der Waals surface area contributed by atoms with Crippen molar-refractivity contribution in [3.05, 3.63) is 47.7 Å². The number of carboxylic acid groups (broad SMARTS) is 1. The number of benzene rings is 1. The molecule has 8 heteroatoms. The zero-order valence-electron chi connectivity index (χ0n) is 15.6. The standard InChI is InChI=1S/C20H23F3N2O3/c1-24(13-19(26)27)16-7-9-25(10-8-16)12-17-5-6-18(28-17)14-3-2-4-15(11-14)20(21,22)23/h2-6,11,16H,7-10,12-13H2,1H3,(H,26,27). The van der Waals surface area contributed by atoms with Crippen LogP contribution in [-0.4, -0.2) is 53.6 Å². The fourth-order valence-corrected chi connectivity index (χ4v) is 3.55. The summed E-state index contributed by atoms with van der Waals surface area (Å²) in [7, 11) is 1.82. The van der Waals surface area contributed by atoms with Gasteiger partial charge in [-0.05, 0) is 44.2 Å². The molecule has 0 amide bonds. The van der Waals surface area contributed by atoms with E-state index >= 15 is 0 Å². The lowest BCUT2D eigenvalue weighted by molar-refractivity contribution is -0.139. The highest BCUT2D eigenvalue weighted by molar-refractivity contribution is 5.69. The molecule has 2 aromatic rings. The average Bonchev–Trinajstić information content (AvgIpc) is 3.10. The van der Waals surface area contributed by atoms with Crippen molar-refractivity contribution in [3.63, 3.8) is 0 Å². The molecule has 3 rings (SSSR count). The van der Waals surface area contributed by atoms with Crippen molar-refractivity contribution in [2.45, 2.75) is 31.6 Å². The molecule has 152 valence electrons. The molecule has 1 aromatic carbocycles. The van der Waals surface area contributed by atoms with E-state index in [1.54, 1.807) is 18.2 Å². The molecule has 28 heavy (non-hydrogen) atoms. The molecule has 0 aliphatic carbocycles. The zero-order chi connectivity index (χ0) is 20.3. The van der Waals surface area contributed by atoms with Crippen LogP contribution >= 0.6 is 0 Å².